The van der Waals surface area contributed by atoms with Crippen molar-refractivity contribution in [3.8, 4) is 0 Å². The molecule has 22 heavy (non-hydrogen) atoms. The first-order chi connectivity index (χ1) is 10.4. The smallest absolute Gasteiger partial charge is 0.338 e. The molecule has 0 aliphatic carbocycles. The van der Waals surface area contributed by atoms with Crippen LogP contribution in [0.4, 0.5) is 8.78 Å². The monoisotopic (exact) mass is 346 g/mol. The van der Waals surface area contributed by atoms with Gasteiger partial charge in [0.15, 0.2) is 5.11 Å². The number of hydrogen-bond acceptors (Lipinski definition) is 3. The third kappa shape index (κ3) is 3.72. The summed E-state index contributed by atoms with van der Waals surface area (Å²) in [6, 6.07) is 2.91. The van der Waals surface area contributed by atoms with E-state index in [1.54, 1.807) is 6.92 Å². The third-order valence-corrected chi connectivity index (χ3v) is 3.68. The number of carbonyl (C=O) groups excluding carboxylic acids is 1. The summed E-state index contributed by atoms with van der Waals surface area (Å²) in [6.45, 7) is 0.663. The lowest BCUT2D eigenvalue weighted by Crippen LogP contribution is -2.50. The first kappa shape index (κ1) is 16.6. The number of allylic oxidation sites excluding steroid dienone is 1. The van der Waals surface area contributed by atoms with Crippen LogP contribution in [0.25, 0.3) is 0 Å². The van der Waals surface area contributed by atoms with Crippen molar-refractivity contribution in [3.05, 3.63) is 45.9 Å². The highest BCUT2D eigenvalue weighted by Gasteiger charge is 2.29. The third-order valence-electron chi connectivity index (χ3n) is 3.11. The van der Waals surface area contributed by atoms with E-state index in [1.165, 1.54) is 12.1 Å². The highest BCUT2D eigenvalue weighted by Crippen LogP contribution is 2.20. The molecular formula is C14H13ClF2N2O2S. The van der Waals surface area contributed by atoms with Crippen molar-refractivity contribution in [2.75, 3.05) is 6.67 Å². The van der Waals surface area contributed by atoms with Crippen LogP contribution in [0, 0.1) is 5.82 Å². The number of nitrogens with one attached hydrogen (secondary N) is 2. The van der Waals surface area contributed by atoms with Crippen LogP contribution in [-0.4, -0.2) is 23.8 Å². The number of thiocarbonyl (C=S) groups is 1. The lowest BCUT2D eigenvalue weighted by Gasteiger charge is -2.27. The number of rotatable bonds is 4. The Labute approximate surface area is 136 Å². The van der Waals surface area contributed by atoms with Crippen molar-refractivity contribution >= 4 is 34.9 Å². The van der Waals surface area contributed by atoms with Crippen LogP contribution in [-0.2, 0) is 16.1 Å². The molecule has 1 aromatic rings. The maximum Gasteiger partial charge on any atom is 0.338 e. The Morgan fingerprint density at radius 1 is 1.50 bits per heavy atom. The molecule has 118 valence electrons. The zero-order valence-corrected chi connectivity index (χ0v) is 13.2. The SMILES string of the molecule is CC1=C(C(=O)OCc2ccc(F)cc2Cl)C(CF)NC(=S)N1. The van der Waals surface area contributed by atoms with Crippen LogP contribution >= 0.6 is 23.8 Å². The fourth-order valence-electron chi connectivity index (χ4n) is 2.04. The van der Waals surface area contributed by atoms with Gasteiger partial charge >= 0.3 is 5.97 Å². The van der Waals surface area contributed by atoms with E-state index in [0.29, 0.717) is 11.3 Å². The summed E-state index contributed by atoms with van der Waals surface area (Å²) < 4.78 is 31.1. The first-order valence-electron chi connectivity index (χ1n) is 6.37. The summed E-state index contributed by atoms with van der Waals surface area (Å²) in [5, 5.41) is 5.81. The van der Waals surface area contributed by atoms with Gasteiger partial charge in [0.05, 0.1) is 16.6 Å². The fourth-order valence-corrected chi connectivity index (χ4v) is 2.55. The van der Waals surface area contributed by atoms with Crippen molar-refractivity contribution in [1.82, 2.24) is 10.6 Å². The zero-order chi connectivity index (χ0) is 16.3. The van der Waals surface area contributed by atoms with E-state index >= 15 is 0 Å². The Bertz CT molecular complexity index is 652. The Hall–Kier alpha value is -1.73. The van der Waals surface area contributed by atoms with Crippen LogP contribution in [0.15, 0.2) is 29.5 Å². The standard InChI is InChI=1S/C14H13ClF2N2O2S/c1-7-12(11(5-16)19-14(22)18-7)13(20)21-6-8-2-3-9(17)4-10(8)15/h2-4,11H,5-6H2,1H3,(H2,18,19,22). The Kier molecular flexibility index (Phi) is 5.31. The quantitative estimate of drug-likeness (QED) is 0.648. The van der Waals surface area contributed by atoms with Gasteiger partial charge < -0.3 is 15.4 Å². The molecule has 4 nitrogen and oxygen atoms in total. The lowest BCUT2D eigenvalue weighted by atomic mass is 10.0. The van der Waals surface area contributed by atoms with Crippen molar-refractivity contribution < 1.29 is 18.3 Å². The molecule has 1 heterocycles. The van der Waals surface area contributed by atoms with Gasteiger partial charge in [-0.3, -0.25) is 0 Å². The predicted octanol–water partition coefficient (Wildman–Crippen LogP) is 2.61. The molecule has 0 fully saturated rings. The van der Waals surface area contributed by atoms with Crippen molar-refractivity contribution in [2.24, 2.45) is 0 Å². The summed E-state index contributed by atoms with van der Waals surface area (Å²) in [6.07, 6.45) is 0. The average molecular weight is 347 g/mol. The van der Waals surface area contributed by atoms with Crippen LogP contribution < -0.4 is 10.6 Å². The van der Waals surface area contributed by atoms with Crippen molar-refractivity contribution in [1.29, 1.82) is 0 Å². The van der Waals surface area contributed by atoms with Crippen LogP contribution in [0.3, 0.4) is 0 Å². The first-order valence-corrected chi connectivity index (χ1v) is 7.16. The molecule has 0 spiro atoms. The van der Waals surface area contributed by atoms with Gasteiger partial charge in [0.2, 0.25) is 0 Å². The Morgan fingerprint density at radius 2 is 2.23 bits per heavy atom. The Morgan fingerprint density at radius 3 is 2.86 bits per heavy atom. The van der Waals surface area contributed by atoms with Gasteiger partial charge in [-0.2, -0.15) is 0 Å². The molecule has 1 aliphatic heterocycles. The minimum Gasteiger partial charge on any atom is -0.457 e. The van der Waals surface area contributed by atoms with E-state index in [9.17, 15) is 13.6 Å². The number of halogens is 3. The summed E-state index contributed by atoms with van der Waals surface area (Å²) in [5.74, 6) is -1.17. The largest absolute Gasteiger partial charge is 0.457 e. The predicted molar refractivity (Wildman–Crippen MR) is 82.5 cm³/mol. The van der Waals surface area contributed by atoms with Gasteiger partial charge in [0.1, 0.15) is 19.1 Å². The Balaban J connectivity index is 2.11. The molecule has 1 aromatic carbocycles. The zero-order valence-electron chi connectivity index (χ0n) is 11.6. The topological polar surface area (TPSA) is 50.4 Å². The van der Waals surface area contributed by atoms with Crippen LogP contribution in [0.5, 0.6) is 0 Å². The van der Waals surface area contributed by atoms with E-state index in [2.05, 4.69) is 10.6 Å². The summed E-state index contributed by atoms with van der Waals surface area (Å²) >= 11 is 10.8. The molecular weight excluding hydrogens is 334 g/mol. The summed E-state index contributed by atoms with van der Waals surface area (Å²) in [7, 11) is 0. The second-order valence-electron chi connectivity index (χ2n) is 4.66. The number of benzene rings is 1. The van der Waals surface area contributed by atoms with Gasteiger partial charge in [0.25, 0.3) is 0 Å². The number of alkyl halides is 1. The van der Waals surface area contributed by atoms with E-state index in [-0.39, 0.29) is 22.3 Å². The van der Waals surface area contributed by atoms with Crippen LogP contribution in [0.1, 0.15) is 12.5 Å². The molecule has 1 unspecified atom stereocenters. The van der Waals surface area contributed by atoms with Gasteiger partial charge in [0, 0.05) is 11.3 Å². The van der Waals surface area contributed by atoms with Gasteiger partial charge in [-0.15, -0.1) is 0 Å². The molecule has 8 heteroatoms. The number of carbonyl (C=O) groups is 1. The van der Waals surface area contributed by atoms with Gasteiger partial charge in [-0.25, -0.2) is 13.6 Å². The maximum absolute atomic E-state index is 13.1. The van der Waals surface area contributed by atoms with E-state index < -0.39 is 24.5 Å². The normalized spacial score (nSPS) is 17.8. The molecule has 0 aromatic heterocycles. The van der Waals surface area contributed by atoms with E-state index in [0.717, 1.165) is 6.07 Å². The van der Waals surface area contributed by atoms with Gasteiger partial charge in [-0.05, 0) is 31.3 Å². The molecule has 0 bridgehead atoms. The minimum absolute atomic E-state index is 0.134. The van der Waals surface area contributed by atoms with Crippen molar-refractivity contribution in [2.45, 2.75) is 19.6 Å². The second kappa shape index (κ2) is 7.02. The number of esters is 1. The molecule has 1 atom stereocenters. The molecule has 2 N–H and O–H groups in total. The number of hydrogen-bond donors (Lipinski definition) is 2. The maximum atomic E-state index is 13.1. The minimum atomic E-state index is -0.857. The van der Waals surface area contributed by atoms with Crippen LogP contribution in [0.2, 0.25) is 5.02 Å². The molecule has 1 aliphatic rings. The molecule has 0 amide bonds. The summed E-state index contributed by atoms with van der Waals surface area (Å²) in [5.41, 5.74) is 1.02. The van der Waals surface area contributed by atoms with Gasteiger partial charge in [-0.1, -0.05) is 17.7 Å². The molecule has 0 saturated heterocycles. The van der Waals surface area contributed by atoms with E-state index in [1.807, 2.05) is 0 Å². The molecule has 0 radical (unpaired) electrons. The lowest BCUT2D eigenvalue weighted by molar-refractivity contribution is -0.140. The molecule has 0 saturated carbocycles. The van der Waals surface area contributed by atoms with E-state index in [4.69, 9.17) is 28.6 Å². The molecule has 2 rings (SSSR count). The highest BCUT2D eigenvalue weighted by molar-refractivity contribution is 7.80. The second-order valence-corrected chi connectivity index (χ2v) is 5.47. The average Bonchev–Trinajstić information content (AvgIpc) is 2.45. The van der Waals surface area contributed by atoms with Crippen molar-refractivity contribution in [3.63, 3.8) is 0 Å². The number of ether oxygens (including phenoxy) is 1. The fraction of sp³-hybridized carbons (Fsp3) is 0.286. The highest BCUT2D eigenvalue weighted by atomic mass is 35.5. The summed E-state index contributed by atoms with van der Waals surface area (Å²) in [4.78, 5) is 12.1.